The molecule has 160 valence electrons. The van der Waals surface area contributed by atoms with Crippen LogP contribution in [0.2, 0.25) is 5.02 Å². The normalized spacial score (nSPS) is 15.4. The molecule has 1 saturated carbocycles. The fourth-order valence-corrected chi connectivity index (χ4v) is 4.54. The smallest absolute Gasteiger partial charge is 0.242 e. The maximum atomic E-state index is 13.3. The van der Waals surface area contributed by atoms with Crippen molar-refractivity contribution in [2.75, 3.05) is 0 Å². The first kappa shape index (κ1) is 22.8. The summed E-state index contributed by atoms with van der Waals surface area (Å²) in [6.07, 6.45) is 5.70. The fraction of sp³-hybridized carbons (Fsp3) is 0.417. The number of nitrogens with one attached hydrogen (secondary N) is 1. The van der Waals surface area contributed by atoms with E-state index in [4.69, 9.17) is 11.6 Å². The lowest BCUT2D eigenvalue weighted by atomic mass is 9.95. The Hall–Kier alpha value is -1.85. The molecule has 1 aliphatic rings. The summed E-state index contributed by atoms with van der Waals surface area (Å²) in [5, 5.41) is 3.72. The molecule has 2 aromatic rings. The lowest BCUT2D eigenvalue weighted by Gasteiger charge is -2.31. The van der Waals surface area contributed by atoms with E-state index in [1.165, 1.54) is 6.42 Å². The molecule has 2 amide bonds. The van der Waals surface area contributed by atoms with Gasteiger partial charge < -0.3 is 10.2 Å². The third kappa shape index (κ3) is 6.32. The Labute approximate surface area is 192 Å². The van der Waals surface area contributed by atoms with Crippen LogP contribution >= 0.6 is 27.5 Å². The summed E-state index contributed by atoms with van der Waals surface area (Å²) < 4.78 is 0.942. The molecular formula is C24H28BrClN2O2. The van der Waals surface area contributed by atoms with E-state index in [-0.39, 0.29) is 24.3 Å². The van der Waals surface area contributed by atoms with Gasteiger partial charge in [0, 0.05) is 22.1 Å². The summed E-state index contributed by atoms with van der Waals surface area (Å²) in [5.41, 5.74) is 1.73. The average Bonchev–Trinajstić information content (AvgIpc) is 2.74. The molecule has 0 aromatic heterocycles. The molecule has 0 saturated heterocycles. The first-order chi connectivity index (χ1) is 14.4. The van der Waals surface area contributed by atoms with Gasteiger partial charge in [-0.15, -0.1) is 0 Å². The van der Waals surface area contributed by atoms with Gasteiger partial charge in [-0.25, -0.2) is 0 Å². The average molecular weight is 492 g/mol. The van der Waals surface area contributed by atoms with Crippen LogP contribution in [-0.2, 0) is 22.6 Å². The fourth-order valence-electron chi connectivity index (χ4n) is 3.89. The molecule has 1 aliphatic carbocycles. The molecule has 2 aromatic carbocycles. The maximum absolute atomic E-state index is 13.3. The molecule has 1 unspecified atom stereocenters. The zero-order chi connectivity index (χ0) is 21.5. The van der Waals surface area contributed by atoms with E-state index in [9.17, 15) is 9.59 Å². The van der Waals surface area contributed by atoms with Gasteiger partial charge in [0.2, 0.25) is 11.8 Å². The van der Waals surface area contributed by atoms with Crippen LogP contribution in [0.25, 0.3) is 0 Å². The minimum absolute atomic E-state index is 0.0931. The summed E-state index contributed by atoms with van der Waals surface area (Å²) in [5.74, 6) is -0.209. The van der Waals surface area contributed by atoms with Crippen molar-refractivity contribution in [1.82, 2.24) is 10.2 Å². The second-order valence-corrected chi connectivity index (χ2v) is 9.26. The number of hydrogen-bond acceptors (Lipinski definition) is 2. The number of carbonyl (C=O) groups is 2. The number of rotatable bonds is 7. The summed E-state index contributed by atoms with van der Waals surface area (Å²) in [6.45, 7) is 2.17. The Morgan fingerprint density at radius 2 is 1.87 bits per heavy atom. The lowest BCUT2D eigenvalue weighted by molar-refractivity contribution is -0.140. The monoisotopic (exact) mass is 490 g/mol. The van der Waals surface area contributed by atoms with E-state index < -0.39 is 6.04 Å². The van der Waals surface area contributed by atoms with Crippen molar-refractivity contribution < 1.29 is 9.59 Å². The molecule has 1 fully saturated rings. The molecule has 0 bridgehead atoms. The number of benzene rings is 2. The molecule has 4 nitrogen and oxygen atoms in total. The number of nitrogens with zero attached hydrogens (tertiary/aromatic N) is 1. The molecular weight excluding hydrogens is 464 g/mol. The van der Waals surface area contributed by atoms with E-state index in [0.29, 0.717) is 11.6 Å². The number of amides is 2. The second kappa shape index (κ2) is 11.0. The van der Waals surface area contributed by atoms with Crippen LogP contribution in [0, 0.1) is 0 Å². The van der Waals surface area contributed by atoms with Gasteiger partial charge in [-0.1, -0.05) is 77.1 Å². The molecule has 3 rings (SSSR count). The van der Waals surface area contributed by atoms with Crippen molar-refractivity contribution in [2.24, 2.45) is 0 Å². The van der Waals surface area contributed by atoms with Gasteiger partial charge >= 0.3 is 0 Å². The van der Waals surface area contributed by atoms with Gasteiger partial charge in [-0.05, 0) is 49.1 Å². The Morgan fingerprint density at radius 1 is 1.13 bits per heavy atom. The minimum atomic E-state index is -0.569. The van der Waals surface area contributed by atoms with E-state index in [1.807, 2.05) is 42.5 Å². The van der Waals surface area contributed by atoms with E-state index in [2.05, 4.69) is 21.2 Å². The molecule has 6 heteroatoms. The van der Waals surface area contributed by atoms with Crippen LogP contribution < -0.4 is 5.32 Å². The van der Waals surface area contributed by atoms with Gasteiger partial charge in [0.05, 0.1) is 6.42 Å². The largest absolute Gasteiger partial charge is 0.352 e. The highest BCUT2D eigenvalue weighted by Crippen LogP contribution is 2.21. The van der Waals surface area contributed by atoms with Gasteiger partial charge in [0.15, 0.2) is 0 Å². The van der Waals surface area contributed by atoms with Gasteiger partial charge in [0.1, 0.15) is 6.04 Å². The Morgan fingerprint density at radius 3 is 2.57 bits per heavy atom. The third-order valence-corrected chi connectivity index (χ3v) is 6.52. The summed E-state index contributed by atoms with van der Waals surface area (Å²) in [4.78, 5) is 27.9. The quantitative estimate of drug-likeness (QED) is 0.555. The van der Waals surface area contributed by atoms with Crippen LogP contribution in [0.1, 0.15) is 50.2 Å². The molecule has 0 spiro atoms. The first-order valence-electron chi connectivity index (χ1n) is 10.5. The predicted molar refractivity (Wildman–Crippen MR) is 124 cm³/mol. The SMILES string of the molecule is CC(C(=O)NC1CCCCC1)N(Cc1cccc(Br)c1)C(=O)Cc1ccccc1Cl. The lowest BCUT2D eigenvalue weighted by Crippen LogP contribution is -2.50. The molecule has 1 atom stereocenters. The van der Waals surface area contributed by atoms with Gasteiger partial charge in [-0.3, -0.25) is 9.59 Å². The van der Waals surface area contributed by atoms with E-state index in [0.717, 1.165) is 41.3 Å². The standard InChI is InChI=1S/C24H28BrClN2O2/c1-17(24(30)27-21-11-3-2-4-12-21)28(16-18-8-7-10-20(25)14-18)23(29)15-19-9-5-6-13-22(19)26/h5-10,13-14,17,21H,2-4,11-12,15-16H2,1H3,(H,27,30). The van der Waals surface area contributed by atoms with Crippen LogP contribution in [0.5, 0.6) is 0 Å². The van der Waals surface area contributed by atoms with Gasteiger partial charge in [0.25, 0.3) is 0 Å². The summed E-state index contributed by atoms with van der Waals surface area (Å²) in [7, 11) is 0. The molecule has 0 radical (unpaired) electrons. The minimum Gasteiger partial charge on any atom is -0.352 e. The highest BCUT2D eigenvalue weighted by molar-refractivity contribution is 9.10. The Kier molecular flexibility index (Phi) is 8.34. The van der Waals surface area contributed by atoms with Crippen LogP contribution in [-0.4, -0.2) is 28.8 Å². The number of hydrogen-bond donors (Lipinski definition) is 1. The van der Waals surface area contributed by atoms with Crippen molar-refractivity contribution in [3.63, 3.8) is 0 Å². The Balaban J connectivity index is 1.77. The van der Waals surface area contributed by atoms with Crippen molar-refractivity contribution >= 4 is 39.3 Å². The summed E-state index contributed by atoms with van der Waals surface area (Å²) in [6, 6.07) is 14.8. The van der Waals surface area contributed by atoms with Crippen molar-refractivity contribution in [3.8, 4) is 0 Å². The molecule has 1 N–H and O–H groups in total. The molecule has 30 heavy (non-hydrogen) atoms. The molecule has 0 heterocycles. The predicted octanol–water partition coefficient (Wildman–Crippen LogP) is 5.51. The highest BCUT2D eigenvalue weighted by Gasteiger charge is 2.28. The van der Waals surface area contributed by atoms with E-state index >= 15 is 0 Å². The van der Waals surface area contributed by atoms with E-state index in [1.54, 1.807) is 17.9 Å². The van der Waals surface area contributed by atoms with Gasteiger partial charge in [-0.2, -0.15) is 0 Å². The van der Waals surface area contributed by atoms with Crippen molar-refractivity contribution in [2.45, 2.75) is 64.1 Å². The maximum Gasteiger partial charge on any atom is 0.242 e. The zero-order valence-corrected chi connectivity index (χ0v) is 19.6. The van der Waals surface area contributed by atoms with Crippen LogP contribution in [0.3, 0.4) is 0 Å². The van der Waals surface area contributed by atoms with Crippen LogP contribution in [0.4, 0.5) is 0 Å². The summed E-state index contributed by atoms with van der Waals surface area (Å²) >= 11 is 9.75. The van der Waals surface area contributed by atoms with Crippen molar-refractivity contribution in [1.29, 1.82) is 0 Å². The highest BCUT2D eigenvalue weighted by atomic mass is 79.9. The topological polar surface area (TPSA) is 49.4 Å². The number of halogens is 2. The zero-order valence-electron chi connectivity index (χ0n) is 17.2. The number of carbonyl (C=O) groups excluding carboxylic acids is 2. The second-order valence-electron chi connectivity index (χ2n) is 7.94. The van der Waals surface area contributed by atoms with Crippen molar-refractivity contribution in [3.05, 3.63) is 69.2 Å². The first-order valence-corrected chi connectivity index (χ1v) is 11.7. The van der Waals surface area contributed by atoms with Crippen LogP contribution in [0.15, 0.2) is 53.0 Å². The molecule has 0 aliphatic heterocycles. The Bertz CT molecular complexity index is 883. The third-order valence-electron chi connectivity index (χ3n) is 5.66.